The van der Waals surface area contributed by atoms with E-state index in [2.05, 4.69) is 16.4 Å². The predicted octanol–water partition coefficient (Wildman–Crippen LogP) is 3.69. The molecule has 1 saturated heterocycles. The Morgan fingerprint density at radius 2 is 2.06 bits per heavy atom. The molecule has 1 unspecified atom stereocenters. The number of halogens is 1. The van der Waals surface area contributed by atoms with Gasteiger partial charge < -0.3 is 0 Å². The molecular weight excluding hydrogens is 242 g/mol. The highest BCUT2D eigenvalue weighted by Crippen LogP contribution is 2.40. The molecule has 0 spiro atoms. The van der Waals surface area contributed by atoms with E-state index in [1.54, 1.807) is 0 Å². The maximum Gasteiger partial charge on any atom is 0.0835 e. The lowest BCUT2D eigenvalue weighted by Crippen LogP contribution is -2.21. The van der Waals surface area contributed by atoms with Crippen LogP contribution in [0.3, 0.4) is 0 Å². The quantitative estimate of drug-likeness (QED) is 0.604. The summed E-state index contributed by atoms with van der Waals surface area (Å²) in [5, 5.41) is 0.795. The third-order valence-electron chi connectivity index (χ3n) is 3.11. The minimum atomic E-state index is 0.392. The lowest BCUT2D eigenvalue weighted by atomic mass is 10.1. The van der Waals surface area contributed by atoms with Gasteiger partial charge in [-0.05, 0) is 36.5 Å². The number of hydrogen-bond acceptors (Lipinski definition) is 3. The van der Waals surface area contributed by atoms with Gasteiger partial charge in [-0.15, -0.1) is 0 Å². The van der Waals surface area contributed by atoms with Gasteiger partial charge in [-0.25, -0.2) is 4.31 Å². The normalized spacial score (nSPS) is 26.2. The van der Waals surface area contributed by atoms with Gasteiger partial charge in [0.15, 0.2) is 0 Å². The van der Waals surface area contributed by atoms with E-state index >= 15 is 0 Å². The molecule has 4 heteroatoms. The molecule has 86 valence electrons. The van der Waals surface area contributed by atoms with Gasteiger partial charge in [0.1, 0.15) is 0 Å². The molecular formula is C12H14ClNOS. The lowest BCUT2D eigenvalue weighted by Gasteiger charge is -2.20. The molecule has 16 heavy (non-hydrogen) atoms. The van der Waals surface area contributed by atoms with Gasteiger partial charge in [0, 0.05) is 11.6 Å². The Kier molecular flexibility index (Phi) is 3.11. The zero-order valence-corrected chi connectivity index (χ0v) is 10.5. The average molecular weight is 256 g/mol. The summed E-state index contributed by atoms with van der Waals surface area (Å²) < 4.78 is 7.85. The van der Waals surface area contributed by atoms with Crippen LogP contribution in [0.1, 0.15) is 24.4 Å². The molecule has 0 amide bonds. The Balaban J connectivity index is 1.73. The molecule has 0 radical (unpaired) electrons. The van der Waals surface area contributed by atoms with Crippen LogP contribution in [-0.2, 0) is 4.18 Å². The minimum absolute atomic E-state index is 0.392. The van der Waals surface area contributed by atoms with Crippen molar-refractivity contribution in [1.29, 1.82) is 0 Å². The number of nitrogens with zero attached hydrogens (tertiary/aromatic N) is 1. The maximum atomic E-state index is 5.90. The van der Waals surface area contributed by atoms with E-state index in [0.29, 0.717) is 6.04 Å². The van der Waals surface area contributed by atoms with Gasteiger partial charge in [0.25, 0.3) is 0 Å². The van der Waals surface area contributed by atoms with E-state index in [1.165, 1.54) is 30.6 Å². The van der Waals surface area contributed by atoms with E-state index in [-0.39, 0.29) is 0 Å². The fraction of sp³-hybridized carbons (Fsp3) is 0.500. The summed E-state index contributed by atoms with van der Waals surface area (Å²) >= 11 is 7.42. The smallest absolute Gasteiger partial charge is 0.0835 e. The molecule has 1 heterocycles. The Bertz CT molecular complexity index is 366. The molecule has 0 aromatic heterocycles. The van der Waals surface area contributed by atoms with Crippen LogP contribution >= 0.6 is 23.8 Å². The fourth-order valence-corrected chi connectivity index (χ4v) is 2.97. The second-order valence-corrected chi connectivity index (χ2v) is 5.76. The molecule has 2 nitrogen and oxygen atoms in total. The van der Waals surface area contributed by atoms with E-state index in [4.69, 9.17) is 15.8 Å². The Morgan fingerprint density at radius 3 is 2.75 bits per heavy atom. The SMILES string of the molecule is Clc1ccc(C2COSN2CC2CC2)cc1. The van der Waals surface area contributed by atoms with Gasteiger partial charge in [-0.3, -0.25) is 4.18 Å². The minimum Gasteiger partial charge on any atom is -0.299 e. The Labute approximate surface area is 105 Å². The van der Waals surface area contributed by atoms with E-state index in [9.17, 15) is 0 Å². The first-order chi connectivity index (χ1) is 7.83. The molecule has 3 rings (SSSR count). The fourth-order valence-electron chi connectivity index (χ4n) is 1.96. The molecule has 2 aliphatic rings. The molecule has 1 atom stereocenters. The summed E-state index contributed by atoms with van der Waals surface area (Å²) in [6, 6.07) is 8.50. The van der Waals surface area contributed by atoms with Gasteiger partial charge in [-0.2, -0.15) is 0 Å². The highest BCUT2D eigenvalue weighted by molar-refractivity contribution is 7.92. The van der Waals surface area contributed by atoms with E-state index in [1.807, 2.05) is 12.1 Å². The largest absolute Gasteiger partial charge is 0.299 e. The van der Waals surface area contributed by atoms with Crippen molar-refractivity contribution in [2.75, 3.05) is 13.2 Å². The summed E-state index contributed by atoms with van der Waals surface area (Å²) in [5.41, 5.74) is 1.30. The standard InChI is InChI=1S/C12H14ClNOS/c13-11-5-3-10(4-6-11)12-8-15-16-14(12)7-9-1-2-9/h3-6,9,12H,1-2,7-8H2. The van der Waals surface area contributed by atoms with Crippen LogP contribution in [0.25, 0.3) is 0 Å². The topological polar surface area (TPSA) is 12.5 Å². The van der Waals surface area contributed by atoms with Crippen LogP contribution in [0, 0.1) is 5.92 Å². The molecule has 1 aromatic carbocycles. The molecule has 2 fully saturated rings. The number of benzene rings is 1. The first-order valence-corrected chi connectivity index (χ1v) is 6.72. The van der Waals surface area contributed by atoms with Crippen LogP contribution in [0.15, 0.2) is 24.3 Å². The van der Waals surface area contributed by atoms with Gasteiger partial charge >= 0.3 is 0 Å². The number of rotatable bonds is 3. The van der Waals surface area contributed by atoms with Crippen molar-refractivity contribution in [2.24, 2.45) is 5.92 Å². The predicted molar refractivity (Wildman–Crippen MR) is 67.2 cm³/mol. The summed E-state index contributed by atoms with van der Waals surface area (Å²) in [6.07, 6.45) is 2.76. The lowest BCUT2D eigenvalue weighted by molar-refractivity contribution is 0.311. The Hall–Kier alpha value is -0.220. The maximum absolute atomic E-state index is 5.90. The molecule has 1 aromatic rings. The summed E-state index contributed by atoms with van der Waals surface area (Å²) in [7, 11) is 0. The Morgan fingerprint density at radius 1 is 1.31 bits per heavy atom. The third-order valence-corrected chi connectivity index (χ3v) is 4.20. The molecule has 0 N–H and O–H groups in total. The van der Waals surface area contributed by atoms with Crippen LogP contribution in [-0.4, -0.2) is 17.5 Å². The van der Waals surface area contributed by atoms with Crippen molar-refractivity contribution >= 4 is 23.8 Å². The second kappa shape index (κ2) is 4.57. The highest BCUT2D eigenvalue weighted by atomic mass is 35.5. The molecule has 1 saturated carbocycles. The summed E-state index contributed by atoms with van der Waals surface area (Å²) in [6.45, 7) is 1.93. The zero-order valence-electron chi connectivity index (χ0n) is 8.93. The average Bonchev–Trinajstić information content (AvgIpc) is 2.97. The van der Waals surface area contributed by atoms with Crippen molar-refractivity contribution in [3.05, 3.63) is 34.9 Å². The van der Waals surface area contributed by atoms with Crippen molar-refractivity contribution < 1.29 is 4.18 Å². The van der Waals surface area contributed by atoms with Gasteiger partial charge in [0.05, 0.1) is 24.9 Å². The van der Waals surface area contributed by atoms with Crippen LogP contribution < -0.4 is 0 Å². The van der Waals surface area contributed by atoms with Crippen molar-refractivity contribution in [3.63, 3.8) is 0 Å². The second-order valence-electron chi connectivity index (χ2n) is 4.47. The van der Waals surface area contributed by atoms with E-state index in [0.717, 1.165) is 24.1 Å². The molecule has 1 aliphatic heterocycles. The van der Waals surface area contributed by atoms with Crippen LogP contribution in [0.2, 0.25) is 5.02 Å². The first kappa shape index (κ1) is 10.9. The van der Waals surface area contributed by atoms with Crippen molar-refractivity contribution in [2.45, 2.75) is 18.9 Å². The monoisotopic (exact) mass is 255 g/mol. The molecule has 1 aliphatic carbocycles. The van der Waals surface area contributed by atoms with Crippen LogP contribution in [0.4, 0.5) is 0 Å². The third kappa shape index (κ3) is 2.38. The first-order valence-electron chi connectivity index (χ1n) is 5.64. The van der Waals surface area contributed by atoms with Gasteiger partial charge in [0.2, 0.25) is 0 Å². The molecule has 0 bridgehead atoms. The highest BCUT2D eigenvalue weighted by Gasteiger charge is 2.33. The van der Waals surface area contributed by atoms with Gasteiger partial charge in [-0.1, -0.05) is 23.7 Å². The summed E-state index contributed by atoms with van der Waals surface area (Å²) in [5.74, 6) is 0.893. The number of hydrogen-bond donors (Lipinski definition) is 0. The van der Waals surface area contributed by atoms with Crippen molar-refractivity contribution in [3.8, 4) is 0 Å². The summed E-state index contributed by atoms with van der Waals surface area (Å²) in [4.78, 5) is 0. The van der Waals surface area contributed by atoms with Crippen LogP contribution in [0.5, 0.6) is 0 Å². The zero-order chi connectivity index (χ0) is 11.0. The van der Waals surface area contributed by atoms with Crippen molar-refractivity contribution in [1.82, 2.24) is 4.31 Å². The van der Waals surface area contributed by atoms with E-state index < -0.39 is 0 Å².